The van der Waals surface area contributed by atoms with Crippen LogP contribution in [0.5, 0.6) is 0 Å². The summed E-state index contributed by atoms with van der Waals surface area (Å²) in [6, 6.07) is 6.32. The molecule has 30 heavy (non-hydrogen) atoms. The molecular weight excluding hydrogens is 419 g/mol. The minimum Gasteiger partial charge on any atom is -0.322 e. The fraction of sp³-hybridized carbons (Fsp3) is 0.350. The molecule has 4 rings (SSSR count). The van der Waals surface area contributed by atoms with Crippen LogP contribution in [0.3, 0.4) is 0 Å². The van der Waals surface area contributed by atoms with Crippen molar-refractivity contribution >= 4 is 23.2 Å². The first kappa shape index (κ1) is 20.5. The summed E-state index contributed by atoms with van der Waals surface area (Å²) in [7, 11) is 0. The number of halogens is 4. The third-order valence-electron chi connectivity index (χ3n) is 5.10. The topological polar surface area (TPSA) is 64.7 Å². The molecule has 1 unspecified atom stereocenters. The summed E-state index contributed by atoms with van der Waals surface area (Å²) in [4.78, 5) is 16.3. The van der Waals surface area contributed by atoms with Crippen molar-refractivity contribution in [3.63, 3.8) is 0 Å². The standard InChI is InChI=1S/C20H19ClF3N5O/c1-11(28-10-17(20(22,23)24)26-12(28)2)19(30)27-16-9-25-29(18(16)13-3-4-13)15-7-5-14(21)6-8-15/h5-11,13H,3-4H2,1-2H3,(H,27,30). The molecule has 0 bridgehead atoms. The van der Waals surface area contributed by atoms with Crippen LogP contribution in [0.1, 0.15) is 48.9 Å². The number of imidazole rings is 1. The number of aryl methyl sites for hydroxylation is 1. The van der Waals surface area contributed by atoms with Gasteiger partial charge in [-0.1, -0.05) is 11.6 Å². The second-order valence-corrected chi connectivity index (χ2v) is 7.79. The summed E-state index contributed by atoms with van der Waals surface area (Å²) in [5, 5.41) is 7.84. The van der Waals surface area contributed by atoms with Crippen LogP contribution in [-0.4, -0.2) is 25.2 Å². The van der Waals surface area contributed by atoms with E-state index < -0.39 is 23.8 Å². The third kappa shape index (κ3) is 3.94. The maximum absolute atomic E-state index is 12.9. The van der Waals surface area contributed by atoms with E-state index in [0.717, 1.165) is 30.4 Å². The van der Waals surface area contributed by atoms with E-state index in [2.05, 4.69) is 15.4 Å². The Kier molecular flexibility index (Phi) is 5.09. The highest BCUT2D eigenvalue weighted by atomic mass is 35.5. The molecule has 2 heterocycles. The summed E-state index contributed by atoms with van der Waals surface area (Å²) >= 11 is 5.96. The number of nitrogens with one attached hydrogen (secondary N) is 1. The molecule has 1 fully saturated rings. The lowest BCUT2D eigenvalue weighted by atomic mass is 10.2. The van der Waals surface area contributed by atoms with Crippen molar-refractivity contribution in [2.75, 3.05) is 5.32 Å². The van der Waals surface area contributed by atoms with Crippen LogP contribution in [0.4, 0.5) is 18.9 Å². The van der Waals surface area contributed by atoms with Crippen LogP contribution >= 0.6 is 11.6 Å². The molecule has 1 saturated carbocycles. The molecule has 0 radical (unpaired) electrons. The Hall–Kier alpha value is -2.81. The van der Waals surface area contributed by atoms with Gasteiger partial charge in [-0.15, -0.1) is 0 Å². The van der Waals surface area contributed by atoms with Gasteiger partial charge in [0.2, 0.25) is 5.91 Å². The molecule has 0 spiro atoms. The SMILES string of the molecule is Cc1nc(C(F)(F)F)cn1C(C)C(=O)Nc1cnn(-c2ccc(Cl)cc2)c1C1CC1. The zero-order chi connectivity index (χ0) is 21.6. The summed E-state index contributed by atoms with van der Waals surface area (Å²) in [6.07, 6.45) is -0.182. The number of rotatable bonds is 5. The average molecular weight is 438 g/mol. The zero-order valence-electron chi connectivity index (χ0n) is 16.2. The van der Waals surface area contributed by atoms with Gasteiger partial charge in [-0.2, -0.15) is 18.3 Å². The van der Waals surface area contributed by atoms with E-state index in [1.807, 2.05) is 12.1 Å². The van der Waals surface area contributed by atoms with Crippen LogP contribution in [0.2, 0.25) is 5.02 Å². The summed E-state index contributed by atoms with van der Waals surface area (Å²) < 4.78 is 41.8. The summed E-state index contributed by atoms with van der Waals surface area (Å²) in [6.45, 7) is 2.97. The number of hydrogen-bond donors (Lipinski definition) is 1. The van der Waals surface area contributed by atoms with Crippen LogP contribution in [0.15, 0.2) is 36.7 Å². The van der Waals surface area contributed by atoms with Crippen molar-refractivity contribution in [1.29, 1.82) is 0 Å². The molecule has 1 amide bonds. The summed E-state index contributed by atoms with van der Waals surface area (Å²) in [5.74, 6) is -0.0633. The predicted octanol–water partition coefficient (Wildman–Crippen LogP) is 5.13. The van der Waals surface area contributed by atoms with Crippen LogP contribution in [-0.2, 0) is 11.0 Å². The summed E-state index contributed by atoms with van der Waals surface area (Å²) in [5.41, 5.74) is 1.22. The van der Waals surface area contributed by atoms with Gasteiger partial charge < -0.3 is 9.88 Å². The number of aromatic nitrogens is 4. The molecule has 0 aliphatic heterocycles. The highest BCUT2D eigenvalue weighted by Gasteiger charge is 2.36. The van der Waals surface area contributed by atoms with Crippen molar-refractivity contribution in [3.8, 4) is 5.69 Å². The molecule has 3 aromatic rings. The van der Waals surface area contributed by atoms with Gasteiger partial charge in [0.1, 0.15) is 11.9 Å². The second kappa shape index (κ2) is 7.46. The number of carbonyl (C=O) groups is 1. The van der Waals surface area contributed by atoms with Crippen LogP contribution in [0.25, 0.3) is 5.69 Å². The molecule has 2 aromatic heterocycles. The lowest BCUT2D eigenvalue weighted by Crippen LogP contribution is -2.24. The Morgan fingerprint density at radius 3 is 2.50 bits per heavy atom. The number of amides is 1. The smallest absolute Gasteiger partial charge is 0.322 e. The minimum absolute atomic E-state index is 0.115. The van der Waals surface area contributed by atoms with Crippen LogP contribution in [0, 0.1) is 6.92 Å². The highest BCUT2D eigenvalue weighted by molar-refractivity contribution is 6.30. The maximum Gasteiger partial charge on any atom is 0.434 e. The van der Waals surface area contributed by atoms with Gasteiger partial charge in [-0.25, -0.2) is 9.67 Å². The predicted molar refractivity (Wildman–Crippen MR) is 106 cm³/mol. The van der Waals surface area contributed by atoms with Gasteiger partial charge in [0.15, 0.2) is 5.69 Å². The molecule has 1 aliphatic rings. The van der Waals surface area contributed by atoms with E-state index in [1.165, 1.54) is 18.4 Å². The normalized spacial score (nSPS) is 15.3. The Balaban J connectivity index is 1.59. The van der Waals surface area contributed by atoms with E-state index in [4.69, 9.17) is 11.6 Å². The number of alkyl halides is 3. The van der Waals surface area contributed by atoms with E-state index in [9.17, 15) is 18.0 Å². The van der Waals surface area contributed by atoms with E-state index in [-0.39, 0.29) is 11.7 Å². The van der Waals surface area contributed by atoms with Crippen molar-refractivity contribution in [3.05, 3.63) is 58.9 Å². The van der Waals surface area contributed by atoms with Gasteiger partial charge in [0.05, 0.1) is 23.3 Å². The van der Waals surface area contributed by atoms with Gasteiger partial charge in [-0.3, -0.25) is 4.79 Å². The van der Waals surface area contributed by atoms with E-state index in [1.54, 1.807) is 23.0 Å². The van der Waals surface area contributed by atoms with Crippen LogP contribution < -0.4 is 5.32 Å². The van der Waals surface area contributed by atoms with Crippen molar-refractivity contribution in [2.45, 2.75) is 44.8 Å². The first-order valence-corrected chi connectivity index (χ1v) is 9.80. The van der Waals surface area contributed by atoms with Gasteiger partial charge in [0, 0.05) is 17.1 Å². The Morgan fingerprint density at radius 1 is 1.27 bits per heavy atom. The molecule has 1 aromatic carbocycles. The Bertz CT molecular complexity index is 1080. The lowest BCUT2D eigenvalue weighted by molar-refractivity contribution is -0.141. The highest BCUT2D eigenvalue weighted by Crippen LogP contribution is 2.44. The molecule has 0 saturated heterocycles. The van der Waals surface area contributed by atoms with Gasteiger partial charge in [-0.05, 0) is 51.0 Å². The van der Waals surface area contributed by atoms with E-state index in [0.29, 0.717) is 10.7 Å². The zero-order valence-corrected chi connectivity index (χ0v) is 17.0. The van der Waals surface area contributed by atoms with Crippen molar-refractivity contribution < 1.29 is 18.0 Å². The fourth-order valence-corrected chi connectivity index (χ4v) is 3.50. The quantitative estimate of drug-likeness (QED) is 0.602. The first-order valence-electron chi connectivity index (χ1n) is 9.42. The third-order valence-corrected chi connectivity index (χ3v) is 5.36. The number of nitrogens with zero attached hydrogens (tertiary/aromatic N) is 4. The fourth-order valence-electron chi connectivity index (χ4n) is 3.37. The Labute approximate surface area is 175 Å². The second-order valence-electron chi connectivity index (χ2n) is 7.35. The largest absolute Gasteiger partial charge is 0.434 e. The molecule has 10 heteroatoms. The molecular formula is C20H19ClF3N5O. The maximum atomic E-state index is 12.9. The number of anilines is 1. The number of carbonyl (C=O) groups excluding carboxylic acids is 1. The van der Waals surface area contributed by atoms with Gasteiger partial charge in [0.25, 0.3) is 0 Å². The van der Waals surface area contributed by atoms with Crippen molar-refractivity contribution in [2.24, 2.45) is 0 Å². The molecule has 6 nitrogen and oxygen atoms in total. The number of hydrogen-bond acceptors (Lipinski definition) is 3. The molecule has 158 valence electrons. The lowest BCUT2D eigenvalue weighted by Gasteiger charge is -2.16. The molecule has 1 aliphatic carbocycles. The van der Waals surface area contributed by atoms with Crippen molar-refractivity contribution in [1.82, 2.24) is 19.3 Å². The first-order chi connectivity index (χ1) is 14.1. The molecule has 1 atom stereocenters. The average Bonchev–Trinajstić information content (AvgIpc) is 3.31. The van der Waals surface area contributed by atoms with E-state index >= 15 is 0 Å². The number of benzene rings is 1. The molecule has 1 N–H and O–H groups in total. The monoisotopic (exact) mass is 437 g/mol. The minimum atomic E-state index is -4.56. The van der Waals surface area contributed by atoms with Gasteiger partial charge >= 0.3 is 6.18 Å². The Morgan fingerprint density at radius 2 is 1.93 bits per heavy atom.